The standard InChI is InChI=1S/C15H28N2OS/c1-14(2,3)13-8-7-12(19-13)9-16-10-15(4,18)11-17(5)6/h7-8,16,18H,9-11H2,1-6H3. The van der Waals surface area contributed by atoms with Crippen LogP contribution in [-0.4, -0.2) is 42.8 Å². The SMILES string of the molecule is CN(C)CC(C)(O)CNCc1ccc(C(C)(C)C)s1. The van der Waals surface area contributed by atoms with Crippen molar-refractivity contribution in [2.75, 3.05) is 27.2 Å². The first-order valence-corrected chi connectivity index (χ1v) is 7.59. The minimum atomic E-state index is -0.687. The topological polar surface area (TPSA) is 35.5 Å². The van der Waals surface area contributed by atoms with Crippen molar-refractivity contribution in [3.63, 3.8) is 0 Å². The molecule has 0 bridgehead atoms. The molecule has 1 heterocycles. The van der Waals surface area contributed by atoms with Crippen molar-refractivity contribution < 1.29 is 5.11 Å². The predicted molar refractivity (Wildman–Crippen MR) is 83.9 cm³/mol. The van der Waals surface area contributed by atoms with Crippen molar-refractivity contribution in [3.8, 4) is 0 Å². The Hall–Kier alpha value is -0.420. The van der Waals surface area contributed by atoms with Crippen LogP contribution in [0.25, 0.3) is 0 Å². The third-order valence-corrected chi connectivity index (χ3v) is 4.37. The van der Waals surface area contributed by atoms with Crippen LogP contribution in [0.4, 0.5) is 0 Å². The van der Waals surface area contributed by atoms with Gasteiger partial charge in [-0.3, -0.25) is 0 Å². The quantitative estimate of drug-likeness (QED) is 0.842. The molecule has 0 saturated carbocycles. The molecular weight excluding hydrogens is 256 g/mol. The van der Waals surface area contributed by atoms with Crippen LogP contribution in [-0.2, 0) is 12.0 Å². The summed E-state index contributed by atoms with van der Waals surface area (Å²) < 4.78 is 0. The fourth-order valence-electron chi connectivity index (χ4n) is 2.07. The minimum Gasteiger partial charge on any atom is -0.388 e. The molecule has 1 unspecified atom stereocenters. The molecule has 19 heavy (non-hydrogen) atoms. The lowest BCUT2D eigenvalue weighted by Crippen LogP contribution is -2.45. The molecule has 0 aliphatic carbocycles. The summed E-state index contributed by atoms with van der Waals surface area (Å²) >= 11 is 1.85. The maximum Gasteiger partial charge on any atom is 0.0869 e. The van der Waals surface area contributed by atoms with Gasteiger partial charge in [-0.1, -0.05) is 20.8 Å². The van der Waals surface area contributed by atoms with Gasteiger partial charge in [0.25, 0.3) is 0 Å². The van der Waals surface area contributed by atoms with Crippen LogP contribution >= 0.6 is 11.3 Å². The van der Waals surface area contributed by atoms with Gasteiger partial charge >= 0.3 is 0 Å². The normalized spacial score (nSPS) is 15.8. The van der Waals surface area contributed by atoms with E-state index in [1.807, 2.05) is 37.3 Å². The number of hydrogen-bond donors (Lipinski definition) is 2. The Morgan fingerprint density at radius 1 is 1.21 bits per heavy atom. The van der Waals surface area contributed by atoms with Crippen LogP contribution < -0.4 is 5.32 Å². The van der Waals surface area contributed by atoms with Crippen LogP contribution in [0.15, 0.2) is 12.1 Å². The van der Waals surface area contributed by atoms with E-state index in [1.54, 1.807) is 0 Å². The highest BCUT2D eigenvalue weighted by atomic mass is 32.1. The van der Waals surface area contributed by atoms with Crippen molar-refractivity contribution in [3.05, 3.63) is 21.9 Å². The van der Waals surface area contributed by atoms with Gasteiger partial charge in [0.1, 0.15) is 0 Å². The van der Waals surface area contributed by atoms with Gasteiger partial charge in [-0.2, -0.15) is 0 Å². The van der Waals surface area contributed by atoms with E-state index in [4.69, 9.17) is 0 Å². The summed E-state index contributed by atoms with van der Waals surface area (Å²) in [6, 6.07) is 4.39. The van der Waals surface area contributed by atoms with E-state index >= 15 is 0 Å². The highest BCUT2D eigenvalue weighted by Crippen LogP contribution is 2.29. The van der Waals surface area contributed by atoms with Crippen molar-refractivity contribution in [1.29, 1.82) is 0 Å². The highest BCUT2D eigenvalue weighted by Gasteiger charge is 2.21. The molecule has 1 aromatic heterocycles. The van der Waals surface area contributed by atoms with Gasteiger partial charge in [0.15, 0.2) is 0 Å². The smallest absolute Gasteiger partial charge is 0.0869 e. The molecule has 0 saturated heterocycles. The van der Waals surface area contributed by atoms with Gasteiger partial charge in [0.05, 0.1) is 5.60 Å². The van der Waals surface area contributed by atoms with Crippen molar-refractivity contribution >= 4 is 11.3 Å². The zero-order chi connectivity index (χ0) is 14.7. The summed E-state index contributed by atoms with van der Waals surface area (Å²) in [6.45, 7) is 10.7. The second kappa shape index (κ2) is 6.35. The summed E-state index contributed by atoms with van der Waals surface area (Å²) in [6.07, 6.45) is 0. The number of likely N-dealkylation sites (N-methyl/N-ethyl adjacent to an activating group) is 1. The molecular formula is C15H28N2OS. The molecule has 1 aromatic rings. The third kappa shape index (κ3) is 6.04. The van der Waals surface area contributed by atoms with E-state index in [2.05, 4.69) is 38.2 Å². The fourth-order valence-corrected chi connectivity index (χ4v) is 3.10. The molecule has 1 rings (SSSR count). The first-order chi connectivity index (χ1) is 8.60. The predicted octanol–water partition coefficient (Wildman–Crippen LogP) is 2.45. The van der Waals surface area contributed by atoms with Crippen LogP contribution in [0.1, 0.15) is 37.4 Å². The molecule has 2 N–H and O–H groups in total. The Labute approximate surface area is 121 Å². The zero-order valence-electron chi connectivity index (χ0n) is 13.1. The molecule has 110 valence electrons. The number of thiophene rings is 1. The molecule has 0 aliphatic rings. The molecule has 0 aliphatic heterocycles. The first kappa shape index (κ1) is 16.6. The summed E-state index contributed by atoms with van der Waals surface area (Å²) in [5, 5.41) is 13.5. The van der Waals surface area contributed by atoms with Gasteiger partial charge in [0, 0.05) is 29.4 Å². The minimum absolute atomic E-state index is 0.222. The van der Waals surface area contributed by atoms with Crippen LogP contribution in [0.3, 0.4) is 0 Å². The number of nitrogens with zero attached hydrogens (tertiary/aromatic N) is 1. The maximum absolute atomic E-state index is 10.2. The summed E-state index contributed by atoms with van der Waals surface area (Å²) in [5.41, 5.74) is -0.465. The summed E-state index contributed by atoms with van der Waals surface area (Å²) in [5.74, 6) is 0. The lowest BCUT2D eigenvalue weighted by atomic mass is 9.95. The van der Waals surface area contributed by atoms with Crippen LogP contribution in [0, 0.1) is 0 Å². The fraction of sp³-hybridized carbons (Fsp3) is 0.733. The first-order valence-electron chi connectivity index (χ1n) is 6.77. The Kier molecular flexibility index (Phi) is 5.56. The Morgan fingerprint density at radius 2 is 1.84 bits per heavy atom. The second-order valence-corrected chi connectivity index (χ2v) is 8.02. The molecule has 0 fully saturated rings. The van der Waals surface area contributed by atoms with E-state index in [9.17, 15) is 5.11 Å². The highest BCUT2D eigenvalue weighted by molar-refractivity contribution is 7.12. The molecule has 4 heteroatoms. The second-order valence-electron chi connectivity index (χ2n) is 6.85. The van der Waals surface area contributed by atoms with Gasteiger partial charge < -0.3 is 15.3 Å². The average molecular weight is 284 g/mol. The summed E-state index contributed by atoms with van der Waals surface area (Å²) in [4.78, 5) is 4.74. The lowest BCUT2D eigenvalue weighted by molar-refractivity contribution is 0.0336. The van der Waals surface area contributed by atoms with Crippen molar-refractivity contribution in [2.24, 2.45) is 0 Å². The average Bonchev–Trinajstić information content (AvgIpc) is 2.62. The molecule has 0 aromatic carbocycles. The monoisotopic (exact) mass is 284 g/mol. The van der Waals surface area contributed by atoms with Gasteiger partial charge in [-0.25, -0.2) is 0 Å². The van der Waals surface area contributed by atoms with E-state index < -0.39 is 5.60 Å². The van der Waals surface area contributed by atoms with Crippen LogP contribution in [0.2, 0.25) is 0 Å². The van der Waals surface area contributed by atoms with Gasteiger partial charge in [-0.05, 0) is 38.6 Å². The Morgan fingerprint density at radius 3 is 2.32 bits per heavy atom. The summed E-state index contributed by atoms with van der Waals surface area (Å²) in [7, 11) is 3.95. The lowest BCUT2D eigenvalue weighted by Gasteiger charge is -2.27. The van der Waals surface area contributed by atoms with E-state index in [1.165, 1.54) is 9.75 Å². The molecule has 3 nitrogen and oxygen atoms in total. The third-order valence-electron chi connectivity index (χ3n) is 2.86. The number of hydrogen-bond acceptors (Lipinski definition) is 4. The van der Waals surface area contributed by atoms with Gasteiger partial charge in [0.2, 0.25) is 0 Å². The van der Waals surface area contributed by atoms with E-state index in [-0.39, 0.29) is 5.41 Å². The van der Waals surface area contributed by atoms with Gasteiger partial charge in [-0.15, -0.1) is 11.3 Å². The van der Waals surface area contributed by atoms with E-state index in [0.717, 1.165) is 6.54 Å². The molecule has 0 amide bonds. The Balaban J connectivity index is 2.43. The Bertz CT molecular complexity index is 391. The zero-order valence-corrected chi connectivity index (χ0v) is 13.9. The number of rotatable bonds is 6. The number of nitrogens with one attached hydrogen (secondary N) is 1. The molecule has 1 atom stereocenters. The number of aliphatic hydroxyl groups is 1. The van der Waals surface area contributed by atoms with E-state index in [0.29, 0.717) is 13.1 Å². The van der Waals surface area contributed by atoms with Crippen molar-refractivity contribution in [1.82, 2.24) is 10.2 Å². The maximum atomic E-state index is 10.2. The van der Waals surface area contributed by atoms with Crippen molar-refractivity contribution in [2.45, 2.75) is 45.3 Å². The van der Waals surface area contributed by atoms with Crippen LogP contribution in [0.5, 0.6) is 0 Å². The molecule has 0 radical (unpaired) electrons. The molecule has 0 spiro atoms. The largest absolute Gasteiger partial charge is 0.388 e.